The van der Waals surface area contributed by atoms with Crippen LogP contribution in [0, 0.1) is 0 Å². The molecule has 8 nitrogen and oxygen atoms in total. The van der Waals surface area contributed by atoms with E-state index in [1.807, 2.05) is 0 Å². The predicted molar refractivity (Wildman–Crippen MR) is 98.1 cm³/mol. The molecule has 0 aromatic carbocycles. The largest absolute Gasteiger partial charge is 0.396 e. The number of hydrogen-bond acceptors (Lipinski definition) is 6. The molecule has 0 unspecified atom stereocenters. The number of hydrogen-bond donors (Lipinski definition) is 4. The van der Waals surface area contributed by atoms with E-state index in [0.29, 0.717) is 25.5 Å². The second-order valence-corrected chi connectivity index (χ2v) is 6.40. The fraction of sp³-hybridized carbons (Fsp3) is 0.733. The lowest BCUT2D eigenvalue weighted by molar-refractivity contribution is -0.123. The van der Waals surface area contributed by atoms with Gasteiger partial charge in [-0.2, -0.15) is 0 Å². The Hall–Kier alpha value is -0.900. The molecule has 2 saturated heterocycles. The van der Waals surface area contributed by atoms with Crippen LogP contribution in [0.4, 0.5) is 0 Å². The minimum atomic E-state index is -0.577. The standard InChI is InChI=1S/C15H25N5O3.2ClH/c16-14(4-10-5-17-9-18-10)15(22)19-11-3-12-8-23-13(1-2-21)7-20(12)6-11;;/h5,9,11-14,21H,1-4,6-8,16H2,(H,17,18)(H,19,22);2*1H/t11-,12+,13+,14+;;/m1../s1. The average Bonchev–Trinajstić information content (AvgIpc) is 3.16. The van der Waals surface area contributed by atoms with Crippen molar-refractivity contribution >= 4 is 30.7 Å². The first-order valence-corrected chi connectivity index (χ1v) is 8.15. The molecule has 0 bridgehead atoms. The van der Waals surface area contributed by atoms with Crippen LogP contribution in [0.25, 0.3) is 0 Å². The summed E-state index contributed by atoms with van der Waals surface area (Å²) in [7, 11) is 0. The number of halogens is 2. The molecule has 0 radical (unpaired) electrons. The molecule has 2 fully saturated rings. The van der Waals surface area contributed by atoms with Crippen molar-refractivity contribution < 1.29 is 14.6 Å². The van der Waals surface area contributed by atoms with Crippen LogP contribution >= 0.6 is 24.8 Å². The van der Waals surface area contributed by atoms with Gasteiger partial charge in [-0.1, -0.05) is 0 Å². The maximum absolute atomic E-state index is 12.2. The van der Waals surface area contributed by atoms with E-state index >= 15 is 0 Å². The van der Waals surface area contributed by atoms with Crippen LogP contribution in [0.1, 0.15) is 18.5 Å². The summed E-state index contributed by atoms with van der Waals surface area (Å²) < 4.78 is 5.75. The molecule has 1 aromatic heterocycles. The van der Waals surface area contributed by atoms with Crippen LogP contribution in [0.3, 0.4) is 0 Å². The Morgan fingerprint density at radius 1 is 1.52 bits per heavy atom. The van der Waals surface area contributed by atoms with Crippen molar-refractivity contribution in [2.45, 2.75) is 43.5 Å². The van der Waals surface area contributed by atoms with E-state index in [1.165, 1.54) is 0 Å². The Kier molecular flexibility index (Phi) is 9.12. The van der Waals surface area contributed by atoms with Crippen molar-refractivity contribution in [1.82, 2.24) is 20.2 Å². The van der Waals surface area contributed by atoms with Gasteiger partial charge in [-0.15, -0.1) is 24.8 Å². The Balaban J connectivity index is 0.00000156. The summed E-state index contributed by atoms with van der Waals surface area (Å²) in [6.07, 6.45) is 5.35. The van der Waals surface area contributed by atoms with Crippen molar-refractivity contribution in [2.24, 2.45) is 5.73 Å². The molecule has 0 spiro atoms. The molecule has 144 valence electrons. The van der Waals surface area contributed by atoms with Crippen LogP contribution in [-0.4, -0.2) is 76.4 Å². The van der Waals surface area contributed by atoms with Crippen LogP contribution in [0.2, 0.25) is 0 Å². The topological polar surface area (TPSA) is 116 Å². The highest BCUT2D eigenvalue weighted by Gasteiger charge is 2.38. The zero-order valence-corrected chi connectivity index (χ0v) is 15.6. The van der Waals surface area contributed by atoms with Crippen molar-refractivity contribution in [3.05, 3.63) is 18.2 Å². The Morgan fingerprint density at radius 3 is 3.00 bits per heavy atom. The van der Waals surface area contributed by atoms with Gasteiger partial charge in [0.25, 0.3) is 0 Å². The van der Waals surface area contributed by atoms with Crippen LogP contribution in [0.15, 0.2) is 12.5 Å². The number of aromatic nitrogens is 2. The fourth-order valence-electron chi connectivity index (χ4n) is 3.40. The number of ether oxygens (including phenoxy) is 1. The number of H-pyrrole nitrogens is 1. The lowest BCUT2D eigenvalue weighted by Crippen LogP contribution is -2.48. The number of rotatable bonds is 6. The number of nitrogens with two attached hydrogens (primary N) is 1. The number of amides is 1. The summed E-state index contributed by atoms with van der Waals surface area (Å²) in [4.78, 5) is 21.5. The number of nitrogens with zero attached hydrogens (tertiary/aromatic N) is 2. The molecular formula is C15H27Cl2N5O3. The van der Waals surface area contributed by atoms with Gasteiger partial charge in [-0.3, -0.25) is 9.69 Å². The van der Waals surface area contributed by atoms with Gasteiger partial charge in [0, 0.05) is 50.1 Å². The van der Waals surface area contributed by atoms with E-state index in [-0.39, 0.29) is 49.5 Å². The van der Waals surface area contributed by atoms with E-state index in [4.69, 9.17) is 15.6 Å². The first kappa shape index (κ1) is 22.1. The maximum Gasteiger partial charge on any atom is 0.237 e. The minimum Gasteiger partial charge on any atom is -0.396 e. The van der Waals surface area contributed by atoms with Crippen molar-refractivity contribution in [3.63, 3.8) is 0 Å². The molecule has 10 heteroatoms. The third-order valence-corrected chi connectivity index (χ3v) is 4.62. The average molecular weight is 396 g/mol. The number of nitrogens with one attached hydrogen (secondary N) is 2. The predicted octanol–water partition coefficient (Wildman–Crippen LogP) is -0.537. The number of morpholine rings is 1. The van der Waals surface area contributed by atoms with E-state index < -0.39 is 6.04 Å². The molecule has 3 rings (SSSR count). The molecule has 4 atom stereocenters. The normalized spacial score (nSPS) is 26.9. The third kappa shape index (κ3) is 5.80. The Morgan fingerprint density at radius 2 is 2.32 bits per heavy atom. The van der Waals surface area contributed by atoms with Gasteiger partial charge >= 0.3 is 0 Å². The summed E-state index contributed by atoms with van der Waals surface area (Å²) in [6.45, 7) is 2.44. The third-order valence-electron chi connectivity index (χ3n) is 4.62. The smallest absolute Gasteiger partial charge is 0.237 e. The molecule has 0 aliphatic carbocycles. The first-order valence-electron chi connectivity index (χ1n) is 8.15. The van der Waals surface area contributed by atoms with Crippen molar-refractivity contribution in [2.75, 3.05) is 26.3 Å². The summed E-state index contributed by atoms with van der Waals surface area (Å²) >= 11 is 0. The molecule has 3 heterocycles. The molecule has 2 aliphatic heterocycles. The molecule has 25 heavy (non-hydrogen) atoms. The fourth-order valence-corrected chi connectivity index (χ4v) is 3.40. The van der Waals surface area contributed by atoms with Crippen LogP contribution in [-0.2, 0) is 16.0 Å². The van der Waals surface area contributed by atoms with E-state index in [2.05, 4.69) is 20.2 Å². The SMILES string of the molecule is Cl.Cl.N[C@@H](Cc1cnc[nH]1)C(=O)N[C@@H]1C[C@H]2CO[C@@H](CCO)CN2C1. The number of aromatic amines is 1. The molecular weight excluding hydrogens is 369 g/mol. The first-order chi connectivity index (χ1) is 11.2. The summed E-state index contributed by atoms with van der Waals surface area (Å²) in [6, 6.07) is -0.123. The van der Waals surface area contributed by atoms with E-state index in [0.717, 1.165) is 25.2 Å². The second-order valence-electron chi connectivity index (χ2n) is 6.40. The molecule has 1 aromatic rings. The molecule has 0 saturated carbocycles. The Bertz CT molecular complexity index is 519. The highest BCUT2D eigenvalue weighted by molar-refractivity contribution is 5.85. The summed E-state index contributed by atoms with van der Waals surface area (Å²) in [5.41, 5.74) is 6.83. The number of aliphatic hydroxyl groups excluding tert-OH is 1. The van der Waals surface area contributed by atoms with E-state index in [1.54, 1.807) is 12.5 Å². The molecule has 2 aliphatic rings. The highest BCUT2D eigenvalue weighted by atomic mass is 35.5. The van der Waals surface area contributed by atoms with Crippen molar-refractivity contribution in [1.29, 1.82) is 0 Å². The Labute approximate surface area is 159 Å². The van der Waals surface area contributed by atoms with Gasteiger partial charge in [0.2, 0.25) is 5.91 Å². The van der Waals surface area contributed by atoms with Crippen molar-refractivity contribution in [3.8, 4) is 0 Å². The summed E-state index contributed by atoms with van der Waals surface area (Å²) in [5, 5.41) is 12.1. The monoisotopic (exact) mass is 395 g/mol. The quantitative estimate of drug-likeness (QED) is 0.514. The highest BCUT2D eigenvalue weighted by Crippen LogP contribution is 2.24. The van der Waals surface area contributed by atoms with Gasteiger partial charge in [-0.05, 0) is 12.8 Å². The lowest BCUT2D eigenvalue weighted by atomic mass is 10.1. The number of fused-ring (bicyclic) bond motifs is 1. The zero-order chi connectivity index (χ0) is 16.2. The number of imidazole rings is 1. The van der Waals surface area contributed by atoms with Gasteiger partial charge < -0.3 is 25.9 Å². The second kappa shape index (κ2) is 10.3. The van der Waals surface area contributed by atoms with Crippen LogP contribution in [0.5, 0.6) is 0 Å². The van der Waals surface area contributed by atoms with Gasteiger partial charge in [-0.25, -0.2) is 4.98 Å². The lowest BCUT2D eigenvalue weighted by Gasteiger charge is -2.34. The zero-order valence-electron chi connectivity index (χ0n) is 14.0. The number of carbonyl (C=O) groups is 1. The number of aliphatic hydroxyl groups is 1. The number of carbonyl (C=O) groups excluding carboxylic acids is 1. The van der Waals surface area contributed by atoms with Gasteiger partial charge in [0.1, 0.15) is 0 Å². The minimum absolute atomic E-state index is 0. The van der Waals surface area contributed by atoms with E-state index in [9.17, 15) is 4.79 Å². The molecule has 1 amide bonds. The van der Waals surface area contributed by atoms with Gasteiger partial charge in [0.05, 0.1) is 25.1 Å². The van der Waals surface area contributed by atoms with Crippen LogP contribution < -0.4 is 11.1 Å². The summed E-state index contributed by atoms with van der Waals surface area (Å²) in [5.74, 6) is -0.128. The molecule has 5 N–H and O–H groups in total. The van der Waals surface area contributed by atoms with Gasteiger partial charge in [0.15, 0.2) is 0 Å². The maximum atomic E-state index is 12.2.